The molecule has 0 saturated heterocycles. The van der Waals surface area contributed by atoms with Crippen LogP contribution in [0, 0.1) is 12.3 Å². The number of terminal acetylenes is 1. The molecule has 0 radical (unpaired) electrons. The normalized spacial score (nSPS) is 18.0. The third-order valence-corrected chi connectivity index (χ3v) is 5.00. The molecule has 1 aliphatic heterocycles. The van der Waals surface area contributed by atoms with E-state index in [0.29, 0.717) is 12.0 Å². The maximum atomic E-state index is 12.4. The lowest BCUT2D eigenvalue weighted by Gasteiger charge is -2.40. The molecule has 0 aromatic heterocycles. The molecule has 2 aromatic carbocycles. The third kappa shape index (κ3) is 4.01. The Morgan fingerprint density at radius 2 is 1.89 bits per heavy atom. The second kappa shape index (κ2) is 8.62. The minimum absolute atomic E-state index is 0.0909. The Labute approximate surface area is 166 Å². The molecule has 0 saturated carbocycles. The Balaban J connectivity index is 1.80. The number of benzene rings is 2. The number of para-hydroxylation sites is 1. The third-order valence-electron chi connectivity index (χ3n) is 5.00. The quantitative estimate of drug-likeness (QED) is 0.783. The lowest BCUT2D eigenvalue weighted by molar-refractivity contribution is -0.118. The molecule has 1 aliphatic rings. The topological polar surface area (TPSA) is 61.4 Å². The summed E-state index contributed by atoms with van der Waals surface area (Å²) in [5.74, 6) is 2.35. The molecule has 2 aromatic rings. The van der Waals surface area contributed by atoms with Crippen molar-refractivity contribution in [3.63, 3.8) is 0 Å². The van der Waals surface area contributed by atoms with Crippen LogP contribution in [0.1, 0.15) is 48.7 Å². The zero-order valence-electron chi connectivity index (χ0n) is 16.2. The number of rotatable bonds is 5. The molecule has 2 atom stereocenters. The largest absolute Gasteiger partial charge is 0.378 e. The number of fused-ring (bicyclic) bond motifs is 1. The van der Waals surface area contributed by atoms with Crippen LogP contribution in [-0.4, -0.2) is 24.4 Å². The maximum absolute atomic E-state index is 12.4. The first-order valence-corrected chi connectivity index (χ1v) is 9.54. The van der Waals surface area contributed by atoms with Gasteiger partial charge in [-0.2, -0.15) is 0 Å². The minimum atomic E-state index is -0.185. The smallest absolute Gasteiger partial charge is 0.252 e. The van der Waals surface area contributed by atoms with Crippen LogP contribution in [-0.2, 0) is 4.79 Å². The predicted octanol–water partition coefficient (Wildman–Crippen LogP) is 3.74. The van der Waals surface area contributed by atoms with Gasteiger partial charge in [0.1, 0.15) is 0 Å². The molecular formula is C23H25N3O2. The standard InChI is InChI=1S/C23H25N3O2/c1-4-14-24-23(28)17-10-12-18(13-11-17)25-20-15-16(3)26(22(27)5-2)21-9-7-6-8-19(20)21/h1,6-13,16,20,25H,5,14-15H2,2-3H3,(H,24,28)/t16-,20+/m0/s1. The lowest BCUT2D eigenvalue weighted by atomic mass is 9.91. The fourth-order valence-corrected chi connectivity index (χ4v) is 3.65. The molecule has 28 heavy (non-hydrogen) atoms. The highest BCUT2D eigenvalue weighted by Gasteiger charge is 2.32. The molecule has 0 bridgehead atoms. The van der Waals surface area contributed by atoms with Crippen LogP contribution in [0.3, 0.4) is 0 Å². The first-order valence-electron chi connectivity index (χ1n) is 9.54. The minimum Gasteiger partial charge on any atom is -0.378 e. The Kier molecular flexibility index (Phi) is 6.00. The molecule has 0 fully saturated rings. The van der Waals surface area contributed by atoms with Crippen LogP contribution in [0.5, 0.6) is 0 Å². The summed E-state index contributed by atoms with van der Waals surface area (Å²) in [6.45, 7) is 4.18. The molecule has 0 unspecified atom stereocenters. The van der Waals surface area contributed by atoms with Crippen LogP contribution in [0.25, 0.3) is 0 Å². The summed E-state index contributed by atoms with van der Waals surface area (Å²) >= 11 is 0. The molecule has 0 spiro atoms. The van der Waals surface area contributed by atoms with E-state index >= 15 is 0 Å². The van der Waals surface area contributed by atoms with Crippen LogP contribution in [0.2, 0.25) is 0 Å². The van der Waals surface area contributed by atoms with Crippen LogP contribution < -0.4 is 15.5 Å². The molecule has 0 aliphatic carbocycles. The summed E-state index contributed by atoms with van der Waals surface area (Å²) in [4.78, 5) is 26.3. The van der Waals surface area contributed by atoms with Gasteiger partial charge in [-0.15, -0.1) is 6.42 Å². The molecule has 1 heterocycles. The van der Waals surface area contributed by atoms with Gasteiger partial charge in [0.05, 0.1) is 12.6 Å². The number of nitrogens with zero attached hydrogens (tertiary/aromatic N) is 1. The molecule has 5 heteroatoms. The van der Waals surface area contributed by atoms with Crippen molar-refractivity contribution in [2.24, 2.45) is 0 Å². The van der Waals surface area contributed by atoms with E-state index in [1.165, 1.54) is 0 Å². The Bertz CT molecular complexity index is 899. The monoisotopic (exact) mass is 375 g/mol. The van der Waals surface area contributed by atoms with Crippen LogP contribution in [0.4, 0.5) is 11.4 Å². The van der Waals surface area contributed by atoms with Gasteiger partial charge in [0.15, 0.2) is 0 Å². The predicted molar refractivity (Wildman–Crippen MR) is 112 cm³/mol. The second-order valence-corrected chi connectivity index (χ2v) is 6.92. The van der Waals surface area contributed by atoms with Crippen molar-refractivity contribution in [1.29, 1.82) is 0 Å². The highest BCUT2D eigenvalue weighted by atomic mass is 16.2. The summed E-state index contributed by atoms with van der Waals surface area (Å²) in [6.07, 6.45) is 6.47. The summed E-state index contributed by atoms with van der Waals surface area (Å²) in [7, 11) is 0. The van der Waals surface area contributed by atoms with E-state index in [1.807, 2.05) is 42.2 Å². The van der Waals surface area contributed by atoms with E-state index in [0.717, 1.165) is 23.4 Å². The SMILES string of the molecule is C#CCNC(=O)c1ccc(N[C@@H]2C[C@H](C)N(C(=O)CC)c3ccccc32)cc1. The first kappa shape index (κ1) is 19.5. The second-order valence-electron chi connectivity index (χ2n) is 6.92. The molecule has 3 rings (SSSR count). The number of hydrogen-bond donors (Lipinski definition) is 2. The summed E-state index contributed by atoms with van der Waals surface area (Å²) in [6, 6.07) is 15.6. The van der Waals surface area contributed by atoms with Gasteiger partial charge in [-0.25, -0.2) is 0 Å². The van der Waals surface area contributed by atoms with E-state index in [-0.39, 0.29) is 30.4 Å². The van der Waals surface area contributed by atoms with Crippen molar-refractivity contribution in [2.75, 3.05) is 16.8 Å². The average Bonchev–Trinajstić information content (AvgIpc) is 2.72. The number of carbonyl (C=O) groups is 2. The summed E-state index contributed by atoms with van der Waals surface area (Å²) < 4.78 is 0. The van der Waals surface area contributed by atoms with E-state index in [2.05, 4.69) is 29.5 Å². The van der Waals surface area contributed by atoms with Gasteiger partial charge in [-0.3, -0.25) is 9.59 Å². The molecule has 2 amide bonds. The van der Waals surface area contributed by atoms with Crippen molar-refractivity contribution in [3.8, 4) is 12.3 Å². The van der Waals surface area contributed by atoms with Gasteiger partial charge in [0.25, 0.3) is 5.91 Å². The Morgan fingerprint density at radius 3 is 2.57 bits per heavy atom. The van der Waals surface area contributed by atoms with Gasteiger partial charge < -0.3 is 15.5 Å². The van der Waals surface area contributed by atoms with Crippen LogP contribution >= 0.6 is 0 Å². The fourth-order valence-electron chi connectivity index (χ4n) is 3.65. The van der Waals surface area contributed by atoms with Gasteiger partial charge in [-0.1, -0.05) is 31.0 Å². The van der Waals surface area contributed by atoms with Crippen molar-refractivity contribution in [2.45, 2.75) is 38.8 Å². The van der Waals surface area contributed by atoms with Crippen molar-refractivity contribution < 1.29 is 9.59 Å². The molecule has 5 nitrogen and oxygen atoms in total. The Morgan fingerprint density at radius 1 is 1.18 bits per heavy atom. The zero-order chi connectivity index (χ0) is 20.1. The fraction of sp³-hybridized carbons (Fsp3) is 0.304. The van der Waals surface area contributed by atoms with Crippen molar-refractivity contribution in [3.05, 3.63) is 59.7 Å². The number of hydrogen-bond acceptors (Lipinski definition) is 3. The van der Waals surface area contributed by atoms with Gasteiger partial charge in [0, 0.05) is 29.4 Å². The summed E-state index contributed by atoms with van der Waals surface area (Å²) in [5, 5.41) is 6.21. The Hall–Kier alpha value is -3.26. The number of nitrogens with one attached hydrogen (secondary N) is 2. The lowest BCUT2D eigenvalue weighted by Crippen LogP contribution is -2.44. The number of carbonyl (C=O) groups excluding carboxylic acids is 2. The van der Waals surface area contributed by atoms with E-state index in [9.17, 15) is 9.59 Å². The van der Waals surface area contributed by atoms with Gasteiger partial charge >= 0.3 is 0 Å². The van der Waals surface area contributed by atoms with Crippen molar-refractivity contribution >= 4 is 23.2 Å². The summed E-state index contributed by atoms with van der Waals surface area (Å²) in [5.41, 5.74) is 3.57. The van der Waals surface area contributed by atoms with E-state index < -0.39 is 0 Å². The maximum Gasteiger partial charge on any atom is 0.252 e. The number of anilines is 2. The highest BCUT2D eigenvalue weighted by molar-refractivity contribution is 5.95. The average molecular weight is 375 g/mol. The van der Waals surface area contributed by atoms with Gasteiger partial charge in [-0.05, 0) is 49.2 Å². The van der Waals surface area contributed by atoms with E-state index in [4.69, 9.17) is 6.42 Å². The highest BCUT2D eigenvalue weighted by Crippen LogP contribution is 2.39. The molecular weight excluding hydrogens is 350 g/mol. The first-order chi connectivity index (χ1) is 13.5. The molecule has 2 N–H and O–H groups in total. The zero-order valence-corrected chi connectivity index (χ0v) is 16.2. The number of amides is 2. The molecule has 144 valence electrons. The van der Waals surface area contributed by atoms with E-state index in [1.54, 1.807) is 12.1 Å². The van der Waals surface area contributed by atoms with Crippen LogP contribution in [0.15, 0.2) is 48.5 Å². The van der Waals surface area contributed by atoms with Gasteiger partial charge in [0.2, 0.25) is 5.91 Å². The van der Waals surface area contributed by atoms with Crippen molar-refractivity contribution in [1.82, 2.24) is 5.32 Å².